The number of furan rings is 1. The summed E-state index contributed by atoms with van der Waals surface area (Å²) in [5, 5.41) is 3.04. The van der Waals surface area contributed by atoms with Gasteiger partial charge in [0, 0.05) is 12.0 Å². The minimum Gasteiger partial charge on any atom is -0.472 e. The maximum atomic E-state index is 11.6. The van der Waals surface area contributed by atoms with Crippen molar-refractivity contribution in [1.29, 1.82) is 0 Å². The minimum atomic E-state index is 0.190. The van der Waals surface area contributed by atoms with Crippen LogP contribution in [0.1, 0.15) is 31.7 Å². The number of carbonyl (C=O) groups is 1. The second kappa shape index (κ2) is 4.51. The smallest absolute Gasteiger partial charge is 0.223 e. The average Bonchev–Trinajstić information content (AvgIpc) is 2.52. The molecule has 0 aromatic carbocycles. The van der Waals surface area contributed by atoms with Gasteiger partial charge in [-0.2, -0.15) is 0 Å². The van der Waals surface area contributed by atoms with E-state index in [1.54, 1.807) is 12.5 Å². The summed E-state index contributed by atoms with van der Waals surface area (Å²) < 4.78 is 4.99. The van der Waals surface area contributed by atoms with Gasteiger partial charge in [-0.05, 0) is 37.8 Å². The highest BCUT2D eigenvalue weighted by Crippen LogP contribution is 2.26. The fourth-order valence-corrected chi connectivity index (χ4v) is 1.84. The van der Waals surface area contributed by atoms with Crippen molar-refractivity contribution in [2.75, 3.05) is 0 Å². The highest BCUT2D eigenvalue weighted by atomic mass is 16.3. The third-order valence-corrected chi connectivity index (χ3v) is 2.99. The summed E-state index contributed by atoms with van der Waals surface area (Å²) in [6.07, 6.45) is 7.56. The van der Waals surface area contributed by atoms with Crippen LogP contribution in [-0.2, 0) is 11.2 Å². The van der Waals surface area contributed by atoms with Gasteiger partial charge in [0.15, 0.2) is 0 Å². The Morgan fingerprint density at radius 1 is 1.67 bits per heavy atom. The van der Waals surface area contributed by atoms with Crippen molar-refractivity contribution in [3.05, 3.63) is 24.2 Å². The van der Waals surface area contributed by atoms with E-state index < -0.39 is 0 Å². The van der Waals surface area contributed by atoms with Crippen LogP contribution in [0.4, 0.5) is 0 Å². The normalized spacial score (nSPS) is 18.2. The van der Waals surface area contributed by atoms with Crippen molar-refractivity contribution in [1.82, 2.24) is 5.32 Å². The Hall–Kier alpha value is -1.25. The summed E-state index contributed by atoms with van der Waals surface area (Å²) in [4.78, 5) is 11.6. The van der Waals surface area contributed by atoms with E-state index >= 15 is 0 Å². The van der Waals surface area contributed by atoms with Crippen LogP contribution >= 0.6 is 0 Å². The van der Waals surface area contributed by atoms with E-state index in [0.29, 0.717) is 0 Å². The topological polar surface area (TPSA) is 42.2 Å². The molecule has 1 fully saturated rings. The van der Waals surface area contributed by atoms with Gasteiger partial charge in [0.2, 0.25) is 5.91 Å². The first-order chi connectivity index (χ1) is 7.25. The van der Waals surface area contributed by atoms with Crippen molar-refractivity contribution < 1.29 is 9.21 Å². The van der Waals surface area contributed by atoms with Crippen LogP contribution in [0, 0.1) is 5.92 Å². The second-order valence-electron chi connectivity index (χ2n) is 4.37. The van der Waals surface area contributed by atoms with Crippen LogP contribution in [-0.4, -0.2) is 11.9 Å². The van der Waals surface area contributed by atoms with Gasteiger partial charge in [0.1, 0.15) is 0 Å². The number of rotatable bonds is 4. The SMILES string of the molecule is C[C@H](Cc1ccoc1)NC(=O)C1CCC1. The lowest BCUT2D eigenvalue weighted by Gasteiger charge is -2.26. The zero-order chi connectivity index (χ0) is 10.7. The molecule has 1 saturated carbocycles. The second-order valence-corrected chi connectivity index (χ2v) is 4.37. The molecule has 0 unspecified atom stereocenters. The number of hydrogen-bond donors (Lipinski definition) is 1. The Morgan fingerprint density at radius 2 is 2.47 bits per heavy atom. The Morgan fingerprint density at radius 3 is 3.00 bits per heavy atom. The Bertz CT molecular complexity index is 314. The van der Waals surface area contributed by atoms with E-state index in [2.05, 4.69) is 5.32 Å². The lowest BCUT2D eigenvalue weighted by molar-refractivity contribution is -0.127. The summed E-state index contributed by atoms with van der Waals surface area (Å²) in [6.45, 7) is 2.03. The molecule has 1 amide bonds. The maximum Gasteiger partial charge on any atom is 0.223 e. The molecule has 1 atom stereocenters. The first-order valence-electron chi connectivity index (χ1n) is 5.57. The van der Waals surface area contributed by atoms with Gasteiger partial charge < -0.3 is 9.73 Å². The third-order valence-electron chi connectivity index (χ3n) is 2.99. The molecule has 2 rings (SSSR count). The van der Waals surface area contributed by atoms with Crippen molar-refractivity contribution in [3.8, 4) is 0 Å². The molecule has 1 aliphatic rings. The molecule has 0 spiro atoms. The van der Waals surface area contributed by atoms with Crippen LogP contribution in [0.5, 0.6) is 0 Å². The van der Waals surface area contributed by atoms with Crippen molar-refractivity contribution in [3.63, 3.8) is 0 Å². The predicted octanol–water partition coefficient (Wildman–Crippen LogP) is 2.13. The highest BCUT2D eigenvalue weighted by molar-refractivity contribution is 5.79. The molecule has 1 aromatic rings. The molecule has 1 aliphatic carbocycles. The van der Waals surface area contributed by atoms with Crippen LogP contribution in [0.3, 0.4) is 0 Å². The molecule has 82 valence electrons. The average molecular weight is 207 g/mol. The van der Waals surface area contributed by atoms with Crippen molar-refractivity contribution in [2.45, 2.75) is 38.6 Å². The minimum absolute atomic E-state index is 0.190. The largest absolute Gasteiger partial charge is 0.472 e. The summed E-state index contributed by atoms with van der Waals surface area (Å²) in [5.41, 5.74) is 1.14. The van der Waals surface area contributed by atoms with E-state index in [1.807, 2.05) is 13.0 Å². The van der Waals surface area contributed by atoms with E-state index in [4.69, 9.17) is 4.42 Å². The lowest BCUT2D eigenvalue weighted by Crippen LogP contribution is -2.40. The van der Waals surface area contributed by atoms with E-state index in [-0.39, 0.29) is 17.9 Å². The van der Waals surface area contributed by atoms with Gasteiger partial charge in [-0.1, -0.05) is 6.42 Å². The molecule has 3 nitrogen and oxygen atoms in total. The summed E-state index contributed by atoms with van der Waals surface area (Å²) in [5.74, 6) is 0.494. The molecule has 0 aliphatic heterocycles. The van der Waals surface area contributed by atoms with Crippen LogP contribution in [0.2, 0.25) is 0 Å². The zero-order valence-electron chi connectivity index (χ0n) is 9.03. The van der Waals surface area contributed by atoms with Gasteiger partial charge in [0.25, 0.3) is 0 Å². The zero-order valence-corrected chi connectivity index (χ0v) is 9.03. The first kappa shape index (κ1) is 10.3. The fraction of sp³-hybridized carbons (Fsp3) is 0.583. The summed E-state index contributed by atoms with van der Waals surface area (Å²) in [7, 11) is 0. The predicted molar refractivity (Wildman–Crippen MR) is 57.4 cm³/mol. The molecule has 1 aromatic heterocycles. The van der Waals surface area contributed by atoms with Crippen LogP contribution < -0.4 is 5.32 Å². The fourth-order valence-electron chi connectivity index (χ4n) is 1.84. The first-order valence-corrected chi connectivity index (χ1v) is 5.57. The van der Waals surface area contributed by atoms with Gasteiger partial charge in [-0.25, -0.2) is 0 Å². The molecule has 0 radical (unpaired) electrons. The molecule has 0 bridgehead atoms. The van der Waals surface area contributed by atoms with Gasteiger partial charge in [0.05, 0.1) is 12.5 Å². The molecule has 1 N–H and O–H groups in total. The standard InChI is InChI=1S/C12H17NO2/c1-9(7-10-5-6-15-8-10)13-12(14)11-3-2-4-11/h5-6,8-9,11H,2-4,7H2,1H3,(H,13,14)/t9-/m1/s1. The molecular formula is C12H17NO2. The van der Waals surface area contributed by atoms with Crippen LogP contribution in [0.25, 0.3) is 0 Å². The Balaban J connectivity index is 1.76. The molecular weight excluding hydrogens is 190 g/mol. The van der Waals surface area contributed by atoms with E-state index in [1.165, 1.54) is 6.42 Å². The van der Waals surface area contributed by atoms with Gasteiger partial charge in [-0.3, -0.25) is 4.79 Å². The van der Waals surface area contributed by atoms with Crippen LogP contribution in [0.15, 0.2) is 23.0 Å². The summed E-state index contributed by atoms with van der Waals surface area (Å²) in [6, 6.07) is 2.13. The monoisotopic (exact) mass is 207 g/mol. The van der Waals surface area contributed by atoms with Gasteiger partial charge in [-0.15, -0.1) is 0 Å². The maximum absolute atomic E-state index is 11.6. The quantitative estimate of drug-likeness (QED) is 0.821. The van der Waals surface area contributed by atoms with E-state index in [0.717, 1.165) is 24.8 Å². The molecule has 3 heteroatoms. The third kappa shape index (κ3) is 2.61. The molecule has 1 heterocycles. The number of hydrogen-bond acceptors (Lipinski definition) is 2. The molecule has 0 saturated heterocycles. The summed E-state index contributed by atoms with van der Waals surface area (Å²) >= 11 is 0. The highest BCUT2D eigenvalue weighted by Gasteiger charge is 2.25. The van der Waals surface area contributed by atoms with E-state index in [9.17, 15) is 4.79 Å². The number of carbonyl (C=O) groups excluding carboxylic acids is 1. The van der Waals surface area contributed by atoms with Crippen molar-refractivity contribution >= 4 is 5.91 Å². The molecule has 15 heavy (non-hydrogen) atoms. The number of nitrogens with one attached hydrogen (secondary N) is 1. The van der Waals surface area contributed by atoms with Gasteiger partial charge >= 0.3 is 0 Å². The van der Waals surface area contributed by atoms with Crippen molar-refractivity contribution in [2.24, 2.45) is 5.92 Å². The lowest BCUT2D eigenvalue weighted by atomic mass is 9.84. The Labute approximate surface area is 89.9 Å². The Kier molecular flexibility index (Phi) is 3.09. The number of amides is 1.